The number of sulfone groups is 1. The van der Waals surface area contributed by atoms with Gasteiger partial charge in [0.25, 0.3) is 0 Å². The van der Waals surface area contributed by atoms with Gasteiger partial charge in [-0.05, 0) is 43.5 Å². The molecule has 3 rings (SSSR count). The summed E-state index contributed by atoms with van der Waals surface area (Å²) >= 11 is 0. The molecule has 2 aromatic carbocycles. The Morgan fingerprint density at radius 3 is 2.21 bits per heavy atom. The van der Waals surface area contributed by atoms with E-state index >= 15 is 0 Å². The number of esters is 1. The van der Waals surface area contributed by atoms with Crippen LogP contribution in [-0.4, -0.2) is 26.2 Å². The van der Waals surface area contributed by atoms with Gasteiger partial charge in [0.15, 0.2) is 15.3 Å². The normalized spacial score (nSPS) is 23.6. The van der Waals surface area contributed by atoms with E-state index in [1.807, 2.05) is 32.0 Å². The highest BCUT2D eigenvalue weighted by Crippen LogP contribution is 2.64. The van der Waals surface area contributed by atoms with Crippen molar-refractivity contribution in [2.45, 2.75) is 43.3 Å². The maximum atomic E-state index is 13.3. The van der Waals surface area contributed by atoms with Crippen LogP contribution in [0.15, 0.2) is 53.4 Å². The predicted octanol–water partition coefficient (Wildman–Crippen LogP) is 3.57. The van der Waals surface area contributed by atoms with Gasteiger partial charge in [-0.2, -0.15) is 5.26 Å². The topological polar surface area (TPSA) is 84.2 Å². The molecule has 5 nitrogen and oxygen atoms in total. The quantitative estimate of drug-likeness (QED) is 0.696. The van der Waals surface area contributed by atoms with Gasteiger partial charge in [-0.15, -0.1) is 0 Å². The molecule has 1 fully saturated rings. The van der Waals surface area contributed by atoms with Crippen molar-refractivity contribution < 1.29 is 17.9 Å². The van der Waals surface area contributed by atoms with Crippen molar-refractivity contribution in [3.05, 3.63) is 65.2 Å². The van der Waals surface area contributed by atoms with Crippen LogP contribution in [-0.2, 0) is 25.8 Å². The highest BCUT2D eigenvalue weighted by Gasteiger charge is 2.77. The molecule has 146 valence electrons. The van der Waals surface area contributed by atoms with Crippen molar-refractivity contribution >= 4 is 15.8 Å². The second-order valence-corrected chi connectivity index (χ2v) is 9.12. The highest BCUT2D eigenvalue weighted by molar-refractivity contribution is 7.92. The first-order valence-electron chi connectivity index (χ1n) is 9.30. The fourth-order valence-electron chi connectivity index (χ4n) is 3.73. The van der Waals surface area contributed by atoms with Crippen LogP contribution in [0.25, 0.3) is 0 Å². The lowest BCUT2D eigenvalue weighted by Crippen LogP contribution is -2.25. The standard InChI is InChI=1S/C22H23NO4S/c1-4-16-8-10-17(11-9-16)19-20(22(19,14-23)21(24)27-5-2)28(25,26)18-12-6-15(3)7-13-18/h6-13,19-20H,4-5H2,1-3H3/t19-,20+,22+/m0/s1. The van der Waals surface area contributed by atoms with Gasteiger partial charge in [0, 0.05) is 5.92 Å². The molecule has 0 aliphatic heterocycles. The van der Waals surface area contributed by atoms with Gasteiger partial charge in [-0.3, -0.25) is 4.79 Å². The lowest BCUT2D eigenvalue weighted by Gasteiger charge is -2.09. The van der Waals surface area contributed by atoms with Crippen LogP contribution in [0.1, 0.15) is 36.5 Å². The van der Waals surface area contributed by atoms with Gasteiger partial charge in [-0.1, -0.05) is 48.9 Å². The molecule has 3 atom stereocenters. The van der Waals surface area contributed by atoms with E-state index in [0.717, 1.165) is 17.5 Å². The van der Waals surface area contributed by atoms with E-state index < -0.39 is 32.4 Å². The van der Waals surface area contributed by atoms with Crippen LogP contribution in [0, 0.1) is 23.7 Å². The molecule has 1 aliphatic rings. The number of hydrogen-bond acceptors (Lipinski definition) is 5. The molecule has 0 spiro atoms. The van der Waals surface area contributed by atoms with Gasteiger partial charge >= 0.3 is 5.97 Å². The molecule has 28 heavy (non-hydrogen) atoms. The number of nitriles is 1. The molecular weight excluding hydrogens is 374 g/mol. The number of aryl methyl sites for hydroxylation is 2. The fraction of sp³-hybridized carbons (Fsp3) is 0.364. The summed E-state index contributed by atoms with van der Waals surface area (Å²) in [4.78, 5) is 12.8. The molecule has 6 heteroatoms. The summed E-state index contributed by atoms with van der Waals surface area (Å²) in [5, 5.41) is 8.73. The lowest BCUT2D eigenvalue weighted by molar-refractivity contribution is -0.147. The molecule has 0 saturated heterocycles. The molecule has 1 saturated carbocycles. The van der Waals surface area contributed by atoms with Gasteiger partial charge in [0.1, 0.15) is 5.25 Å². The minimum Gasteiger partial charge on any atom is -0.465 e. The number of nitrogens with zero attached hydrogens (tertiary/aromatic N) is 1. The Morgan fingerprint density at radius 1 is 1.11 bits per heavy atom. The third-order valence-electron chi connectivity index (χ3n) is 5.36. The van der Waals surface area contributed by atoms with Gasteiger partial charge < -0.3 is 4.74 Å². The minimum absolute atomic E-state index is 0.0844. The molecule has 0 aromatic heterocycles. The number of hydrogen-bond donors (Lipinski definition) is 0. The zero-order chi connectivity index (χ0) is 20.5. The largest absolute Gasteiger partial charge is 0.465 e. The van der Waals surface area contributed by atoms with Crippen LogP contribution >= 0.6 is 0 Å². The summed E-state index contributed by atoms with van der Waals surface area (Å²) in [5.41, 5.74) is 0.958. The Bertz CT molecular complexity index is 1020. The first kappa shape index (κ1) is 20.1. The Hall–Kier alpha value is -2.65. The van der Waals surface area contributed by atoms with Crippen molar-refractivity contribution in [3.8, 4) is 6.07 Å². The van der Waals surface area contributed by atoms with E-state index in [9.17, 15) is 18.5 Å². The summed E-state index contributed by atoms with van der Waals surface area (Å²) < 4.78 is 31.8. The Kier molecular flexibility index (Phi) is 5.31. The van der Waals surface area contributed by atoms with Crippen LogP contribution < -0.4 is 0 Å². The van der Waals surface area contributed by atoms with Gasteiger partial charge in [0.2, 0.25) is 0 Å². The van der Waals surface area contributed by atoms with Gasteiger partial charge in [-0.25, -0.2) is 8.42 Å². The van der Waals surface area contributed by atoms with Crippen LogP contribution in [0.5, 0.6) is 0 Å². The van der Waals surface area contributed by atoms with E-state index in [-0.39, 0.29) is 11.5 Å². The molecular formula is C22H23NO4S. The zero-order valence-corrected chi connectivity index (χ0v) is 17.0. The average Bonchev–Trinajstić information content (AvgIpc) is 3.40. The molecule has 0 radical (unpaired) electrons. The first-order valence-corrected chi connectivity index (χ1v) is 10.8. The van der Waals surface area contributed by atoms with E-state index in [1.54, 1.807) is 31.2 Å². The monoisotopic (exact) mass is 397 g/mol. The van der Waals surface area contributed by atoms with E-state index in [4.69, 9.17) is 4.74 Å². The molecule has 0 bridgehead atoms. The molecule has 0 unspecified atom stereocenters. The third kappa shape index (κ3) is 3.10. The lowest BCUT2D eigenvalue weighted by atomic mass is 9.99. The third-order valence-corrected chi connectivity index (χ3v) is 7.60. The number of ether oxygens (including phenoxy) is 1. The first-order chi connectivity index (χ1) is 13.3. The molecule has 0 heterocycles. The van der Waals surface area contributed by atoms with Crippen LogP contribution in [0.3, 0.4) is 0 Å². The van der Waals surface area contributed by atoms with Crippen molar-refractivity contribution in [1.82, 2.24) is 0 Å². The summed E-state index contributed by atoms with van der Waals surface area (Å²) in [6, 6.07) is 15.9. The van der Waals surface area contributed by atoms with Crippen molar-refractivity contribution in [2.75, 3.05) is 6.61 Å². The van der Waals surface area contributed by atoms with Crippen LogP contribution in [0.4, 0.5) is 0 Å². The maximum absolute atomic E-state index is 13.3. The second-order valence-electron chi connectivity index (χ2n) is 7.05. The molecule has 2 aromatic rings. The summed E-state index contributed by atoms with van der Waals surface area (Å²) in [6.07, 6.45) is 0.845. The fourth-order valence-corrected chi connectivity index (χ4v) is 5.97. The van der Waals surface area contributed by atoms with Crippen LogP contribution in [0.2, 0.25) is 0 Å². The number of carbonyl (C=O) groups excluding carboxylic acids is 1. The van der Waals surface area contributed by atoms with E-state index in [1.165, 1.54) is 12.1 Å². The molecule has 0 amide bonds. The number of benzene rings is 2. The van der Waals surface area contributed by atoms with E-state index in [0.29, 0.717) is 5.56 Å². The molecule has 0 N–H and O–H groups in total. The zero-order valence-electron chi connectivity index (χ0n) is 16.2. The number of rotatable bonds is 6. The predicted molar refractivity (Wildman–Crippen MR) is 105 cm³/mol. The van der Waals surface area contributed by atoms with Crippen molar-refractivity contribution in [2.24, 2.45) is 5.41 Å². The highest BCUT2D eigenvalue weighted by atomic mass is 32.2. The summed E-state index contributed by atoms with van der Waals surface area (Å²) in [7, 11) is -3.90. The summed E-state index contributed by atoms with van der Waals surface area (Å²) in [6.45, 7) is 5.61. The Labute approximate surface area is 165 Å². The second kappa shape index (κ2) is 7.40. The SMILES string of the molecule is CCOC(=O)[C@@]1(C#N)[C@H](S(=O)(=O)c2ccc(C)cc2)[C@@H]1c1ccc(CC)cc1. The smallest absolute Gasteiger partial charge is 0.328 e. The van der Waals surface area contributed by atoms with E-state index in [2.05, 4.69) is 0 Å². The summed E-state index contributed by atoms with van der Waals surface area (Å²) in [5.74, 6) is -1.53. The average molecular weight is 397 g/mol. The number of carbonyl (C=O) groups is 1. The Morgan fingerprint density at radius 2 is 1.71 bits per heavy atom. The van der Waals surface area contributed by atoms with Crippen molar-refractivity contribution in [3.63, 3.8) is 0 Å². The maximum Gasteiger partial charge on any atom is 0.328 e. The molecule has 1 aliphatic carbocycles. The van der Waals surface area contributed by atoms with Gasteiger partial charge in [0.05, 0.1) is 17.6 Å². The Balaban J connectivity index is 2.11. The van der Waals surface area contributed by atoms with Crippen molar-refractivity contribution in [1.29, 1.82) is 5.26 Å². The minimum atomic E-state index is -3.90.